The normalized spacial score (nSPS) is 14.0. The molecule has 14 aromatic carbocycles. The quantitative estimate of drug-likeness (QED) is 0.117. The number of para-hydroxylation sites is 3. The number of anilines is 9. The monoisotopic (exact) mass is 1310 g/mol. The molecular formula is C92H77BN4SSi. The number of aromatic nitrogens is 1. The van der Waals surface area contributed by atoms with Crippen molar-refractivity contribution in [3.05, 3.63) is 284 Å². The molecule has 99 heavy (non-hydrogen) atoms. The van der Waals surface area contributed by atoms with Crippen LogP contribution in [0.4, 0.5) is 51.2 Å². The van der Waals surface area contributed by atoms with Crippen molar-refractivity contribution in [3.63, 3.8) is 0 Å². The van der Waals surface area contributed by atoms with Gasteiger partial charge < -0.3 is 19.3 Å². The van der Waals surface area contributed by atoms with E-state index in [1.807, 2.05) is 11.3 Å². The number of hydrogen-bond acceptors (Lipinski definition) is 4. The van der Waals surface area contributed by atoms with E-state index >= 15 is 0 Å². The van der Waals surface area contributed by atoms with Crippen molar-refractivity contribution in [1.82, 2.24) is 4.57 Å². The molecule has 7 heteroatoms. The number of rotatable bonds is 7. The lowest BCUT2D eigenvalue weighted by Crippen LogP contribution is -2.60. The number of benzene rings is 14. The van der Waals surface area contributed by atoms with Gasteiger partial charge in [0.15, 0.2) is 0 Å². The van der Waals surface area contributed by atoms with Crippen molar-refractivity contribution >= 4 is 168 Å². The zero-order chi connectivity index (χ0) is 67.3. The Kier molecular flexibility index (Phi) is 12.9. The average molecular weight is 1310 g/mol. The molecule has 4 nitrogen and oxygen atoms in total. The Labute approximate surface area is 586 Å². The van der Waals surface area contributed by atoms with Gasteiger partial charge in [0, 0.05) is 70.9 Å². The average Bonchev–Trinajstić information content (AvgIpc) is 1.68. The molecular weight excluding hydrogens is 1230 g/mol. The van der Waals surface area contributed by atoms with E-state index in [0.29, 0.717) is 0 Å². The third kappa shape index (κ3) is 8.89. The molecule has 0 fully saturated rings. The Bertz CT molecular complexity index is 5980. The van der Waals surface area contributed by atoms with Crippen molar-refractivity contribution in [3.8, 4) is 27.9 Å². The topological polar surface area (TPSA) is 14.7 Å². The summed E-state index contributed by atoms with van der Waals surface area (Å²) < 4.78 is 5.19. The van der Waals surface area contributed by atoms with E-state index in [-0.39, 0.29) is 23.0 Å². The van der Waals surface area contributed by atoms with E-state index in [9.17, 15) is 0 Å². The van der Waals surface area contributed by atoms with Crippen LogP contribution in [-0.2, 0) is 16.2 Å². The van der Waals surface area contributed by atoms with Gasteiger partial charge >= 0.3 is 0 Å². The van der Waals surface area contributed by atoms with Gasteiger partial charge in [-0.25, -0.2) is 0 Å². The summed E-state index contributed by atoms with van der Waals surface area (Å²) >= 11 is 1.98. The number of fused-ring (bicyclic) bond motifs is 12. The summed E-state index contributed by atoms with van der Waals surface area (Å²) in [5, 5.41) is 14.4. The maximum atomic E-state index is 2.73. The Hall–Kier alpha value is -10.4. The highest BCUT2D eigenvalue weighted by Crippen LogP contribution is 2.54. The molecule has 0 N–H and O–H groups in total. The third-order valence-electron chi connectivity index (χ3n) is 22.3. The van der Waals surface area contributed by atoms with Crippen LogP contribution in [0.5, 0.6) is 0 Å². The SMILES string of the molecule is CC(C)(C)c1ccc(N2c3cc(-n4c5ccccc5c5ccccc54)cc4c3B(c3ccc(N(c5ccccc5)c5cccc6c5-c5ccccc5[Si]6(C)C)cc3N4c3ccc(C(C)(C)C)cc3-c3ccc4ccc5cccc6ccc3c4c56)c3sc4ccc(C(C)(C)C)cc4c32)cc1. The van der Waals surface area contributed by atoms with Gasteiger partial charge in [-0.3, -0.25) is 0 Å². The van der Waals surface area contributed by atoms with Gasteiger partial charge in [-0.15, -0.1) is 11.3 Å². The van der Waals surface area contributed by atoms with Gasteiger partial charge in [-0.05, 0) is 189 Å². The Morgan fingerprint density at radius 1 is 0.384 bits per heavy atom. The largest absolute Gasteiger partial charge is 0.311 e. The summed E-state index contributed by atoms with van der Waals surface area (Å²) in [6.45, 7) is 26.1. The molecule has 0 radical (unpaired) electrons. The van der Waals surface area contributed by atoms with E-state index in [0.717, 1.165) is 39.8 Å². The first-order valence-electron chi connectivity index (χ1n) is 35.3. The van der Waals surface area contributed by atoms with Crippen LogP contribution in [0.15, 0.2) is 267 Å². The highest BCUT2D eigenvalue weighted by atomic mass is 32.1. The van der Waals surface area contributed by atoms with Gasteiger partial charge in [-0.1, -0.05) is 251 Å². The molecule has 0 bridgehead atoms. The predicted octanol–water partition coefficient (Wildman–Crippen LogP) is 22.8. The van der Waals surface area contributed by atoms with Crippen LogP contribution >= 0.6 is 11.3 Å². The molecule has 16 aromatic rings. The summed E-state index contributed by atoms with van der Waals surface area (Å²) in [4.78, 5) is 7.98. The molecule has 3 aliphatic rings. The lowest BCUT2D eigenvalue weighted by atomic mass is 9.36. The molecule has 3 aliphatic heterocycles. The fraction of sp³-hybridized carbons (Fsp3) is 0.152. The van der Waals surface area contributed by atoms with Gasteiger partial charge in [0.25, 0.3) is 6.71 Å². The zero-order valence-corrected chi connectivity index (χ0v) is 60.0. The maximum absolute atomic E-state index is 2.73. The minimum Gasteiger partial charge on any atom is -0.311 e. The second kappa shape index (κ2) is 21.3. The van der Waals surface area contributed by atoms with Crippen LogP contribution in [0.2, 0.25) is 13.1 Å². The number of nitrogens with zero attached hydrogens (tertiary/aromatic N) is 4. The van der Waals surface area contributed by atoms with Crippen LogP contribution < -0.4 is 40.8 Å². The first kappa shape index (κ1) is 59.8. The molecule has 19 rings (SSSR count). The molecule has 0 aliphatic carbocycles. The van der Waals surface area contributed by atoms with E-state index < -0.39 is 8.07 Å². The molecule has 0 saturated carbocycles. The highest BCUT2D eigenvalue weighted by molar-refractivity contribution is 7.33. The second-order valence-corrected chi connectivity index (χ2v) is 37.1. The van der Waals surface area contributed by atoms with Gasteiger partial charge in [-0.2, -0.15) is 0 Å². The smallest absolute Gasteiger partial charge is 0.264 e. The first-order chi connectivity index (χ1) is 47.8. The molecule has 0 atom stereocenters. The highest BCUT2D eigenvalue weighted by Gasteiger charge is 2.47. The van der Waals surface area contributed by atoms with Crippen LogP contribution in [0.25, 0.3) is 92.2 Å². The molecule has 0 amide bonds. The molecule has 0 spiro atoms. The third-order valence-corrected chi connectivity index (χ3v) is 27.1. The molecule has 0 saturated heterocycles. The summed E-state index contributed by atoms with van der Waals surface area (Å²) in [7, 11) is -2.10. The predicted molar refractivity (Wildman–Crippen MR) is 432 cm³/mol. The standard InChI is InChI=1S/C92H77BN4SSi/c1-90(2,3)59-39-43-63(44-40-59)96-79-54-65(95-74-30-18-15-27-67(74)68-28-16-19-31-75(68)95)55-80-87(79)93(89-88(96)72-52-61(92(7,8)9)42-50-81(72)98-89)73-48-45-64(94(62-25-13-12-14-26-62)77-32-22-34-83-86(77)70-29-17-20-33-82(70)99(83,10)11)53-78(73)97(80)76-49-41-60(91(4,5)6)51-71(76)66-46-37-58-36-35-56-23-21-24-57-38-47-69(66)85(58)84(56)57/h12-55H,1-11H3. The fourth-order valence-electron chi connectivity index (χ4n) is 17.3. The van der Waals surface area contributed by atoms with Crippen LogP contribution in [0.1, 0.15) is 79.0 Å². The van der Waals surface area contributed by atoms with Crippen molar-refractivity contribution in [1.29, 1.82) is 0 Å². The number of hydrogen-bond donors (Lipinski definition) is 0. The molecule has 0 unspecified atom stereocenters. The second-order valence-electron chi connectivity index (χ2n) is 31.7. The summed E-state index contributed by atoms with van der Waals surface area (Å²) in [6.07, 6.45) is 0. The van der Waals surface area contributed by atoms with Crippen molar-refractivity contribution in [2.24, 2.45) is 0 Å². The van der Waals surface area contributed by atoms with E-state index in [1.165, 1.54) is 146 Å². The van der Waals surface area contributed by atoms with Gasteiger partial charge in [0.05, 0.1) is 33.8 Å². The summed E-state index contributed by atoms with van der Waals surface area (Å²) in [6, 6.07) is 104. The molecule has 5 heterocycles. The first-order valence-corrected chi connectivity index (χ1v) is 39.1. The van der Waals surface area contributed by atoms with E-state index in [1.54, 1.807) is 0 Å². The van der Waals surface area contributed by atoms with Crippen molar-refractivity contribution in [2.75, 3.05) is 14.7 Å². The van der Waals surface area contributed by atoms with Crippen LogP contribution in [-0.4, -0.2) is 19.4 Å². The lowest BCUT2D eigenvalue weighted by Gasteiger charge is -2.44. The maximum Gasteiger partial charge on any atom is 0.264 e. The summed E-state index contributed by atoms with van der Waals surface area (Å²) in [5.41, 5.74) is 25.2. The van der Waals surface area contributed by atoms with E-state index in [2.05, 4.69) is 362 Å². The fourth-order valence-corrected chi connectivity index (χ4v) is 21.7. The lowest BCUT2D eigenvalue weighted by molar-refractivity contribution is 0.590. The molecule has 2 aromatic heterocycles. The van der Waals surface area contributed by atoms with Crippen molar-refractivity contribution < 1.29 is 0 Å². The van der Waals surface area contributed by atoms with Gasteiger partial charge in [0.1, 0.15) is 8.07 Å². The van der Waals surface area contributed by atoms with E-state index in [4.69, 9.17) is 0 Å². The Morgan fingerprint density at radius 3 is 1.70 bits per heavy atom. The van der Waals surface area contributed by atoms with Gasteiger partial charge in [0.2, 0.25) is 0 Å². The molecule has 478 valence electrons. The minimum atomic E-state index is -2.10. The van der Waals surface area contributed by atoms with Crippen LogP contribution in [0.3, 0.4) is 0 Å². The van der Waals surface area contributed by atoms with Crippen molar-refractivity contribution in [2.45, 2.75) is 91.7 Å². The Morgan fingerprint density at radius 2 is 0.980 bits per heavy atom. The summed E-state index contributed by atoms with van der Waals surface area (Å²) in [5.74, 6) is 0. The van der Waals surface area contributed by atoms with Crippen LogP contribution in [0, 0.1) is 0 Å². The Balaban J connectivity index is 0.980. The number of thiophene rings is 1. The zero-order valence-electron chi connectivity index (χ0n) is 58.2. The minimum absolute atomic E-state index is 0.0412.